The van der Waals surface area contributed by atoms with Crippen LogP contribution in [0.4, 0.5) is 0 Å². The summed E-state index contributed by atoms with van der Waals surface area (Å²) < 4.78 is 5.27. The highest BCUT2D eigenvalue weighted by molar-refractivity contribution is 5.80. The maximum atomic E-state index is 11.6. The van der Waals surface area contributed by atoms with E-state index in [0.29, 0.717) is 0 Å². The van der Waals surface area contributed by atoms with E-state index in [4.69, 9.17) is 4.74 Å². The van der Waals surface area contributed by atoms with E-state index in [9.17, 15) is 4.79 Å². The molecule has 15 heavy (non-hydrogen) atoms. The molecule has 2 rings (SSSR count). The highest BCUT2D eigenvalue weighted by atomic mass is 16.5. The molecule has 1 aromatic rings. The van der Waals surface area contributed by atoms with Crippen molar-refractivity contribution >= 4 is 5.97 Å². The highest BCUT2D eigenvalue weighted by Crippen LogP contribution is 2.31. The van der Waals surface area contributed by atoms with Gasteiger partial charge in [-0.1, -0.05) is 36.8 Å². The van der Waals surface area contributed by atoms with Gasteiger partial charge in [-0.3, -0.25) is 4.79 Å². The number of carbonyl (C=O) groups is 1. The summed E-state index contributed by atoms with van der Waals surface area (Å²) in [5, 5.41) is 0. The molecule has 1 heterocycles. The number of ether oxygens (including phenoxy) is 1. The van der Waals surface area contributed by atoms with E-state index in [-0.39, 0.29) is 18.0 Å². The molecule has 80 valence electrons. The topological polar surface area (TPSA) is 26.3 Å². The number of carbonyl (C=O) groups excluding carboxylic acids is 1. The summed E-state index contributed by atoms with van der Waals surface area (Å²) in [5.74, 6) is -0.110. The predicted molar refractivity (Wildman–Crippen MR) is 58.7 cm³/mol. The lowest BCUT2D eigenvalue weighted by molar-refractivity contribution is -0.142. The van der Waals surface area contributed by atoms with E-state index < -0.39 is 0 Å². The van der Waals surface area contributed by atoms with Gasteiger partial charge in [-0.2, -0.15) is 0 Å². The molecule has 0 unspecified atom stereocenters. The largest absolute Gasteiger partial charge is 0.462 e. The van der Waals surface area contributed by atoms with Crippen molar-refractivity contribution in [3.8, 4) is 0 Å². The maximum Gasteiger partial charge on any atom is 0.313 e. The maximum absolute atomic E-state index is 11.6. The predicted octanol–water partition coefficient (Wildman–Crippen LogP) is 2.80. The Morgan fingerprint density at radius 1 is 1.33 bits per heavy atom. The second kappa shape index (κ2) is 4.05. The zero-order valence-corrected chi connectivity index (χ0v) is 9.19. The molecular formula is C13H16O2. The van der Waals surface area contributed by atoms with E-state index in [2.05, 4.69) is 6.92 Å². The van der Waals surface area contributed by atoms with Crippen LogP contribution in [0.15, 0.2) is 24.3 Å². The van der Waals surface area contributed by atoms with Crippen LogP contribution in [0.25, 0.3) is 0 Å². The fourth-order valence-electron chi connectivity index (χ4n) is 1.97. The third-order valence-electron chi connectivity index (χ3n) is 3.00. The number of aryl methyl sites for hydroxylation is 1. The Morgan fingerprint density at radius 3 is 2.53 bits per heavy atom. The van der Waals surface area contributed by atoms with Gasteiger partial charge in [0.25, 0.3) is 0 Å². The van der Waals surface area contributed by atoms with Crippen LogP contribution >= 0.6 is 0 Å². The quantitative estimate of drug-likeness (QED) is 0.692. The van der Waals surface area contributed by atoms with Crippen molar-refractivity contribution in [1.29, 1.82) is 0 Å². The van der Waals surface area contributed by atoms with Gasteiger partial charge in [0.05, 0.1) is 5.92 Å². The molecule has 0 aromatic heterocycles. The second-order valence-electron chi connectivity index (χ2n) is 4.17. The molecule has 1 aromatic carbocycles. The van der Waals surface area contributed by atoms with Crippen LogP contribution in [0, 0.1) is 6.92 Å². The molecule has 0 radical (unpaired) electrons. The summed E-state index contributed by atoms with van der Waals surface area (Å²) in [5.41, 5.74) is 2.30. The zero-order chi connectivity index (χ0) is 10.8. The van der Waals surface area contributed by atoms with Gasteiger partial charge in [0, 0.05) is 6.42 Å². The van der Waals surface area contributed by atoms with Crippen LogP contribution < -0.4 is 0 Å². The molecule has 0 N–H and O–H groups in total. The first-order chi connectivity index (χ1) is 7.20. The van der Waals surface area contributed by atoms with Crippen molar-refractivity contribution in [3.05, 3.63) is 35.4 Å². The van der Waals surface area contributed by atoms with E-state index in [0.717, 1.165) is 18.4 Å². The molecule has 2 atom stereocenters. The Hall–Kier alpha value is -1.31. The van der Waals surface area contributed by atoms with Gasteiger partial charge in [-0.25, -0.2) is 0 Å². The van der Waals surface area contributed by atoms with Crippen LogP contribution in [-0.4, -0.2) is 12.1 Å². The van der Waals surface area contributed by atoms with Crippen molar-refractivity contribution < 1.29 is 9.53 Å². The molecule has 0 bridgehead atoms. The van der Waals surface area contributed by atoms with Crippen LogP contribution in [0.5, 0.6) is 0 Å². The fourth-order valence-corrected chi connectivity index (χ4v) is 1.97. The lowest BCUT2D eigenvalue weighted by Gasteiger charge is -2.05. The van der Waals surface area contributed by atoms with Crippen LogP contribution in [0.2, 0.25) is 0 Å². The minimum Gasteiger partial charge on any atom is -0.462 e. The van der Waals surface area contributed by atoms with E-state index >= 15 is 0 Å². The Balaban J connectivity index is 2.18. The number of hydrogen-bond donors (Lipinski definition) is 0. The van der Waals surface area contributed by atoms with Crippen LogP contribution in [0.1, 0.15) is 36.8 Å². The molecule has 0 amide bonds. The molecule has 1 aliphatic heterocycles. The molecule has 0 spiro atoms. The van der Waals surface area contributed by atoms with Gasteiger partial charge in [-0.05, 0) is 18.9 Å². The summed E-state index contributed by atoms with van der Waals surface area (Å²) in [6.07, 6.45) is 1.86. The monoisotopic (exact) mass is 204 g/mol. The molecule has 2 heteroatoms. The smallest absolute Gasteiger partial charge is 0.313 e. The van der Waals surface area contributed by atoms with Crippen molar-refractivity contribution in [1.82, 2.24) is 0 Å². The van der Waals surface area contributed by atoms with Crippen molar-refractivity contribution in [2.24, 2.45) is 0 Å². The van der Waals surface area contributed by atoms with E-state index in [1.54, 1.807) is 0 Å². The summed E-state index contributed by atoms with van der Waals surface area (Å²) in [6.45, 7) is 4.10. The number of esters is 1. The molecule has 0 saturated carbocycles. The SMILES string of the molecule is CC[C@H]1C[C@@H](c2ccc(C)cc2)C(=O)O1. The number of rotatable bonds is 2. The van der Waals surface area contributed by atoms with Gasteiger partial charge < -0.3 is 4.74 Å². The first-order valence-corrected chi connectivity index (χ1v) is 5.47. The summed E-state index contributed by atoms with van der Waals surface area (Å²) >= 11 is 0. The first-order valence-electron chi connectivity index (χ1n) is 5.47. The standard InChI is InChI=1S/C13H16O2/c1-3-11-8-12(13(14)15-11)10-6-4-9(2)5-7-10/h4-7,11-12H,3,8H2,1-2H3/t11-,12-/m0/s1. The average Bonchev–Trinajstić information content (AvgIpc) is 2.61. The number of benzene rings is 1. The third kappa shape index (κ3) is 2.04. The molecule has 1 saturated heterocycles. The third-order valence-corrected chi connectivity index (χ3v) is 3.00. The van der Waals surface area contributed by atoms with E-state index in [1.165, 1.54) is 5.56 Å². The Bertz CT molecular complexity index is 353. The molecule has 1 aliphatic rings. The van der Waals surface area contributed by atoms with Crippen molar-refractivity contribution in [2.75, 3.05) is 0 Å². The molecule has 1 fully saturated rings. The average molecular weight is 204 g/mol. The van der Waals surface area contributed by atoms with Gasteiger partial charge >= 0.3 is 5.97 Å². The van der Waals surface area contributed by atoms with Gasteiger partial charge in [0.15, 0.2) is 0 Å². The Kier molecular flexibility index (Phi) is 2.76. The zero-order valence-electron chi connectivity index (χ0n) is 9.19. The fraction of sp³-hybridized carbons (Fsp3) is 0.462. The summed E-state index contributed by atoms with van der Waals surface area (Å²) in [6, 6.07) is 8.14. The first kappa shape index (κ1) is 10.2. The highest BCUT2D eigenvalue weighted by Gasteiger charge is 2.34. The van der Waals surface area contributed by atoms with E-state index in [1.807, 2.05) is 31.2 Å². The van der Waals surface area contributed by atoms with Gasteiger partial charge in [-0.15, -0.1) is 0 Å². The summed E-state index contributed by atoms with van der Waals surface area (Å²) in [4.78, 5) is 11.6. The molecular weight excluding hydrogens is 188 g/mol. The van der Waals surface area contributed by atoms with Crippen molar-refractivity contribution in [2.45, 2.75) is 38.7 Å². The molecule has 2 nitrogen and oxygen atoms in total. The normalized spacial score (nSPS) is 25.3. The number of cyclic esters (lactones) is 1. The van der Waals surface area contributed by atoms with Gasteiger partial charge in [0.1, 0.15) is 6.10 Å². The molecule has 0 aliphatic carbocycles. The van der Waals surface area contributed by atoms with Crippen LogP contribution in [-0.2, 0) is 9.53 Å². The van der Waals surface area contributed by atoms with Crippen LogP contribution in [0.3, 0.4) is 0 Å². The minimum atomic E-state index is -0.0642. The summed E-state index contributed by atoms with van der Waals surface area (Å²) in [7, 11) is 0. The lowest BCUT2D eigenvalue weighted by atomic mass is 9.94. The van der Waals surface area contributed by atoms with Crippen molar-refractivity contribution in [3.63, 3.8) is 0 Å². The second-order valence-corrected chi connectivity index (χ2v) is 4.17. The Morgan fingerprint density at radius 2 is 2.00 bits per heavy atom. The lowest BCUT2D eigenvalue weighted by Crippen LogP contribution is -2.05. The van der Waals surface area contributed by atoms with Gasteiger partial charge in [0.2, 0.25) is 0 Å². The Labute approximate surface area is 90.3 Å². The number of hydrogen-bond acceptors (Lipinski definition) is 2. The minimum absolute atomic E-state index is 0.0458.